The van der Waals surface area contributed by atoms with Crippen LogP contribution in [-0.2, 0) is 6.54 Å². The minimum atomic E-state index is -0.638. The minimum Gasteiger partial charge on any atom is -0.328 e. The van der Waals surface area contributed by atoms with Crippen molar-refractivity contribution in [3.63, 3.8) is 0 Å². The molecule has 9 heteroatoms. The van der Waals surface area contributed by atoms with Gasteiger partial charge in [-0.3, -0.25) is 14.3 Å². The molecule has 35 heavy (non-hydrogen) atoms. The van der Waals surface area contributed by atoms with Gasteiger partial charge in [-0.2, -0.15) is 0 Å². The molecule has 2 N–H and O–H groups in total. The van der Waals surface area contributed by atoms with Gasteiger partial charge in [0, 0.05) is 23.2 Å². The fourth-order valence-corrected chi connectivity index (χ4v) is 4.98. The summed E-state index contributed by atoms with van der Waals surface area (Å²) >= 11 is 19.0. The molecular formula is C26H22Cl3FN4O. The van der Waals surface area contributed by atoms with Crippen LogP contribution in [0, 0.1) is 5.82 Å². The highest BCUT2D eigenvalue weighted by molar-refractivity contribution is 6.34. The molecule has 5 nitrogen and oxygen atoms in total. The topological polar surface area (TPSA) is 64.2 Å². The Morgan fingerprint density at radius 3 is 2.54 bits per heavy atom. The zero-order valence-electron chi connectivity index (χ0n) is 18.6. The highest BCUT2D eigenvalue weighted by Crippen LogP contribution is 2.33. The molecule has 5 rings (SSSR count). The lowest BCUT2D eigenvalue weighted by Gasteiger charge is -2.30. The van der Waals surface area contributed by atoms with Crippen LogP contribution in [0.3, 0.4) is 0 Å². The second-order valence-electron chi connectivity index (χ2n) is 8.73. The van der Waals surface area contributed by atoms with Gasteiger partial charge in [0.15, 0.2) is 0 Å². The molecule has 0 bridgehead atoms. The van der Waals surface area contributed by atoms with E-state index in [1.165, 1.54) is 16.7 Å². The molecular weight excluding hydrogens is 510 g/mol. The van der Waals surface area contributed by atoms with Crippen molar-refractivity contribution in [1.82, 2.24) is 14.5 Å². The van der Waals surface area contributed by atoms with Crippen LogP contribution in [0.25, 0.3) is 28.0 Å². The van der Waals surface area contributed by atoms with E-state index in [0.29, 0.717) is 44.6 Å². The van der Waals surface area contributed by atoms with Crippen LogP contribution in [0.5, 0.6) is 0 Å². The zero-order valence-corrected chi connectivity index (χ0v) is 20.9. The van der Waals surface area contributed by atoms with E-state index in [9.17, 15) is 9.18 Å². The fourth-order valence-electron chi connectivity index (χ4n) is 4.43. The van der Waals surface area contributed by atoms with E-state index in [2.05, 4.69) is 4.90 Å². The molecule has 0 atom stereocenters. The molecule has 0 unspecified atom stereocenters. The molecule has 0 radical (unpaired) electrons. The van der Waals surface area contributed by atoms with Crippen molar-refractivity contribution in [2.45, 2.75) is 25.4 Å². The number of nitrogens with two attached hydrogens (primary N) is 1. The maximum atomic E-state index is 14.4. The number of aromatic nitrogens is 2. The highest BCUT2D eigenvalue weighted by Gasteiger charge is 2.21. The van der Waals surface area contributed by atoms with Crippen LogP contribution in [0.15, 0.2) is 59.4 Å². The van der Waals surface area contributed by atoms with Crippen LogP contribution in [0.1, 0.15) is 18.4 Å². The van der Waals surface area contributed by atoms with Gasteiger partial charge in [-0.25, -0.2) is 9.37 Å². The van der Waals surface area contributed by atoms with Crippen molar-refractivity contribution in [3.05, 3.63) is 91.4 Å². The maximum Gasteiger partial charge on any atom is 0.266 e. The number of likely N-dealkylation sites (tertiary alicyclic amines) is 1. The van der Waals surface area contributed by atoms with Crippen LogP contribution in [0.2, 0.25) is 15.1 Å². The van der Waals surface area contributed by atoms with Crippen molar-refractivity contribution in [3.8, 4) is 17.1 Å². The number of benzene rings is 3. The second kappa shape index (κ2) is 9.88. The van der Waals surface area contributed by atoms with Crippen molar-refractivity contribution in [2.24, 2.45) is 5.73 Å². The first-order chi connectivity index (χ1) is 16.8. The molecule has 2 heterocycles. The third-order valence-electron chi connectivity index (χ3n) is 6.34. The van der Waals surface area contributed by atoms with E-state index in [4.69, 9.17) is 45.5 Å². The number of piperidine rings is 1. The van der Waals surface area contributed by atoms with Crippen molar-refractivity contribution < 1.29 is 4.39 Å². The molecule has 0 spiro atoms. The van der Waals surface area contributed by atoms with Crippen molar-refractivity contribution >= 4 is 45.7 Å². The summed E-state index contributed by atoms with van der Waals surface area (Å²) < 4.78 is 15.8. The van der Waals surface area contributed by atoms with Gasteiger partial charge in [0.1, 0.15) is 11.6 Å². The van der Waals surface area contributed by atoms with Gasteiger partial charge >= 0.3 is 0 Å². The Kier molecular flexibility index (Phi) is 6.84. The summed E-state index contributed by atoms with van der Waals surface area (Å²) in [6.07, 6.45) is 1.87. The lowest BCUT2D eigenvalue weighted by molar-refractivity contribution is 0.206. The summed E-state index contributed by atoms with van der Waals surface area (Å²) in [5.41, 5.74) is 7.87. The summed E-state index contributed by atoms with van der Waals surface area (Å²) in [6.45, 7) is 2.44. The first kappa shape index (κ1) is 24.2. The molecule has 1 aromatic heterocycles. The molecule has 3 aromatic carbocycles. The Balaban J connectivity index is 1.69. The quantitative estimate of drug-likeness (QED) is 0.347. The van der Waals surface area contributed by atoms with Gasteiger partial charge in [-0.15, -0.1) is 0 Å². The monoisotopic (exact) mass is 530 g/mol. The average Bonchev–Trinajstić information content (AvgIpc) is 2.83. The summed E-state index contributed by atoms with van der Waals surface area (Å²) in [7, 11) is 0. The van der Waals surface area contributed by atoms with Crippen LogP contribution in [0.4, 0.5) is 4.39 Å². The lowest BCUT2D eigenvalue weighted by Crippen LogP contribution is -2.39. The van der Waals surface area contributed by atoms with E-state index in [0.717, 1.165) is 31.5 Å². The number of rotatable bonds is 4. The number of hydrogen-bond donors (Lipinski definition) is 1. The molecule has 1 saturated heterocycles. The molecule has 4 aromatic rings. The van der Waals surface area contributed by atoms with Gasteiger partial charge in [0.2, 0.25) is 0 Å². The highest BCUT2D eigenvalue weighted by atomic mass is 35.5. The normalized spacial score (nSPS) is 15.1. The standard InChI is InChI=1S/C26H22Cl3FN4O/c27-16-4-6-19-23(12-16)32-25(34(26(19)35)18-5-7-21(28)22(30)13-18)20-3-1-2-15(24(20)29)14-33-10-8-17(31)9-11-33/h1-7,12-13,17H,8-11,14,31H2. The van der Waals surface area contributed by atoms with Gasteiger partial charge in [-0.05, 0) is 74.0 Å². The average molecular weight is 532 g/mol. The van der Waals surface area contributed by atoms with Gasteiger partial charge in [-0.1, -0.05) is 46.9 Å². The predicted octanol–water partition coefficient (Wildman–Crippen LogP) is 6.08. The van der Waals surface area contributed by atoms with Crippen molar-refractivity contribution in [2.75, 3.05) is 13.1 Å². The first-order valence-corrected chi connectivity index (χ1v) is 12.4. The SMILES string of the molecule is NC1CCN(Cc2cccc(-c3nc4cc(Cl)ccc4c(=O)n3-c3ccc(Cl)c(F)c3)c2Cl)CC1. The predicted molar refractivity (Wildman–Crippen MR) is 140 cm³/mol. The third kappa shape index (κ3) is 4.82. The summed E-state index contributed by atoms with van der Waals surface area (Å²) in [4.78, 5) is 20.7. The fraction of sp³-hybridized carbons (Fsp3) is 0.231. The van der Waals surface area contributed by atoms with Crippen LogP contribution >= 0.6 is 34.8 Å². The molecule has 1 fully saturated rings. The summed E-state index contributed by atoms with van der Waals surface area (Å²) in [6, 6.07) is 14.9. The lowest BCUT2D eigenvalue weighted by atomic mass is 10.0. The molecule has 0 aliphatic carbocycles. The molecule has 180 valence electrons. The van der Waals surface area contributed by atoms with E-state index >= 15 is 0 Å². The summed E-state index contributed by atoms with van der Waals surface area (Å²) in [5.74, 6) is -0.347. The molecule has 1 aliphatic heterocycles. The van der Waals surface area contributed by atoms with Gasteiger partial charge in [0.25, 0.3) is 5.56 Å². The van der Waals surface area contributed by atoms with E-state index in [1.54, 1.807) is 30.3 Å². The molecule has 0 saturated carbocycles. The Morgan fingerprint density at radius 1 is 1.03 bits per heavy atom. The van der Waals surface area contributed by atoms with E-state index < -0.39 is 5.82 Å². The molecule has 0 amide bonds. The first-order valence-electron chi connectivity index (χ1n) is 11.3. The zero-order chi connectivity index (χ0) is 24.7. The number of halogens is 4. The number of nitrogens with zero attached hydrogens (tertiary/aromatic N) is 3. The van der Waals surface area contributed by atoms with Gasteiger partial charge in [0.05, 0.1) is 26.6 Å². The molecule has 1 aliphatic rings. The van der Waals surface area contributed by atoms with Gasteiger partial charge < -0.3 is 5.73 Å². The van der Waals surface area contributed by atoms with Crippen LogP contribution in [-0.4, -0.2) is 33.6 Å². The van der Waals surface area contributed by atoms with Crippen molar-refractivity contribution in [1.29, 1.82) is 0 Å². The van der Waals surface area contributed by atoms with E-state index in [1.807, 2.05) is 12.1 Å². The van der Waals surface area contributed by atoms with E-state index in [-0.39, 0.29) is 16.6 Å². The number of hydrogen-bond acceptors (Lipinski definition) is 4. The Hall–Kier alpha value is -2.48. The maximum absolute atomic E-state index is 14.4. The van der Waals surface area contributed by atoms with Crippen LogP contribution < -0.4 is 11.3 Å². The number of fused-ring (bicyclic) bond motifs is 1. The second-order valence-corrected chi connectivity index (χ2v) is 9.95. The minimum absolute atomic E-state index is 0.0369. The smallest absolute Gasteiger partial charge is 0.266 e. The summed E-state index contributed by atoms with van der Waals surface area (Å²) in [5, 5.41) is 1.25. The third-order valence-corrected chi connectivity index (χ3v) is 7.33. The Labute approximate surface area is 216 Å². The largest absolute Gasteiger partial charge is 0.328 e. The Morgan fingerprint density at radius 2 is 1.80 bits per heavy atom. The Bertz CT molecular complexity index is 1480.